The topological polar surface area (TPSA) is 66.8 Å². The Hall–Kier alpha value is -3.38. The van der Waals surface area contributed by atoms with Crippen molar-refractivity contribution in [3.05, 3.63) is 99.5 Å². The summed E-state index contributed by atoms with van der Waals surface area (Å²) in [5, 5.41) is 11.3. The van der Waals surface area contributed by atoms with Crippen LogP contribution in [0.4, 0.5) is 5.69 Å². The van der Waals surface area contributed by atoms with Crippen LogP contribution >= 0.6 is 15.9 Å². The first-order valence-corrected chi connectivity index (χ1v) is 12.7. The van der Waals surface area contributed by atoms with Crippen molar-refractivity contribution in [1.82, 2.24) is 0 Å². The predicted octanol–water partition coefficient (Wildman–Crippen LogP) is 7.16. The van der Waals surface area contributed by atoms with Gasteiger partial charge in [0.1, 0.15) is 11.5 Å². The fourth-order valence-corrected chi connectivity index (χ4v) is 4.56. The van der Waals surface area contributed by atoms with Crippen molar-refractivity contribution in [2.45, 2.75) is 52.2 Å². The van der Waals surface area contributed by atoms with E-state index in [4.69, 9.17) is 4.74 Å². The number of hydrogen-bond donors (Lipinski definition) is 1. The van der Waals surface area contributed by atoms with Crippen molar-refractivity contribution in [2.75, 3.05) is 4.90 Å². The van der Waals surface area contributed by atoms with Gasteiger partial charge in [-0.3, -0.25) is 14.5 Å². The first-order chi connectivity index (χ1) is 17.0. The Kier molecular flexibility index (Phi) is 7.10. The highest BCUT2D eigenvalue weighted by Crippen LogP contribution is 2.43. The second kappa shape index (κ2) is 9.94. The van der Waals surface area contributed by atoms with Gasteiger partial charge < -0.3 is 9.84 Å². The number of Topliss-reactive ketones (excluding diaryl/α,β-unsaturated/α-hetero) is 1. The molecule has 4 rings (SSSR count). The molecule has 0 bridgehead atoms. The maximum atomic E-state index is 13.4. The molecule has 1 amide bonds. The second-order valence-electron chi connectivity index (χ2n) is 10.2. The van der Waals surface area contributed by atoms with E-state index in [1.54, 1.807) is 48.5 Å². The number of amides is 1. The van der Waals surface area contributed by atoms with Crippen molar-refractivity contribution in [2.24, 2.45) is 0 Å². The number of anilines is 1. The van der Waals surface area contributed by atoms with Crippen molar-refractivity contribution in [3.63, 3.8) is 0 Å². The lowest BCUT2D eigenvalue weighted by molar-refractivity contribution is -0.132. The summed E-state index contributed by atoms with van der Waals surface area (Å²) in [6, 6.07) is 21.2. The molecule has 5 nitrogen and oxygen atoms in total. The largest absolute Gasteiger partial charge is 0.507 e. The van der Waals surface area contributed by atoms with Gasteiger partial charge in [-0.2, -0.15) is 0 Å². The van der Waals surface area contributed by atoms with Gasteiger partial charge in [0, 0.05) is 15.7 Å². The zero-order valence-electron chi connectivity index (χ0n) is 21.1. The van der Waals surface area contributed by atoms with Crippen LogP contribution < -0.4 is 9.64 Å². The molecule has 3 aromatic carbocycles. The molecule has 3 aromatic rings. The van der Waals surface area contributed by atoms with Gasteiger partial charge in [-0.15, -0.1) is 0 Å². The van der Waals surface area contributed by atoms with Gasteiger partial charge in [-0.25, -0.2) is 0 Å². The minimum absolute atomic E-state index is 0.0114. The van der Waals surface area contributed by atoms with Crippen molar-refractivity contribution in [1.29, 1.82) is 0 Å². The van der Waals surface area contributed by atoms with Gasteiger partial charge in [0.2, 0.25) is 0 Å². The molecule has 6 heteroatoms. The predicted molar refractivity (Wildman–Crippen MR) is 146 cm³/mol. The molecule has 1 unspecified atom stereocenters. The Balaban J connectivity index is 1.87. The van der Waals surface area contributed by atoms with E-state index in [9.17, 15) is 14.7 Å². The van der Waals surface area contributed by atoms with Crippen LogP contribution in [-0.4, -0.2) is 22.9 Å². The first-order valence-electron chi connectivity index (χ1n) is 11.9. The van der Waals surface area contributed by atoms with Crippen LogP contribution in [0.15, 0.2) is 82.8 Å². The van der Waals surface area contributed by atoms with E-state index < -0.39 is 17.7 Å². The summed E-state index contributed by atoms with van der Waals surface area (Å²) < 4.78 is 6.58. The summed E-state index contributed by atoms with van der Waals surface area (Å²) >= 11 is 3.39. The van der Waals surface area contributed by atoms with E-state index in [2.05, 4.69) is 36.7 Å². The number of nitrogens with zero attached hydrogens (tertiary/aromatic N) is 1. The maximum Gasteiger partial charge on any atom is 0.300 e. The van der Waals surface area contributed by atoms with Crippen molar-refractivity contribution < 1.29 is 19.4 Å². The third-order valence-electron chi connectivity index (χ3n) is 6.14. The van der Waals surface area contributed by atoms with E-state index in [1.807, 2.05) is 38.1 Å². The number of benzene rings is 3. The number of rotatable bonds is 5. The van der Waals surface area contributed by atoms with Gasteiger partial charge in [0.25, 0.3) is 11.7 Å². The van der Waals surface area contributed by atoms with Crippen molar-refractivity contribution >= 4 is 39.1 Å². The monoisotopic (exact) mass is 547 g/mol. The molecule has 0 aliphatic carbocycles. The van der Waals surface area contributed by atoms with Gasteiger partial charge in [-0.05, 0) is 66.8 Å². The molecule has 1 heterocycles. The van der Waals surface area contributed by atoms with Crippen molar-refractivity contribution in [3.8, 4) is 5.75 Å². The number of hydrogen-bond acceptors (Lipinski definition) is 4. The Morgan fingerprint density at radius 2 is 1.50 bits per heavy atom. The molecule has 0 radical (unpaired) electrons. The van der Waals surface area contributed by atoms with Gasteiger partial charge in [0.05, 0.1) is 17.7 Å². The minimum atomic E-state index is -0.778. The van der Waals surface area contributed by atoms with Crippen LogP contribution in [0.5, 0.6) is 5.75 Å². The molecule has 1 fully saturated rings. The number of aliphatic hydroxyl groups excluding tert-OH is 1. The number of halogens is 1. The van der Waals surface area contributed by atoms with E-state index in [1.165, 1.54) is 4.90 Å². The Morgan fingerprint density at radius 3 is 2.03 bits per heavy atom. The zero-order chi connectivity index (χ0) is 26.2. The third kappa shape index (κ3) is 5.09. The van der Waals surface area contributed by atoms with Crippen LogP contribution in [0.2, 0.25) is 0 Å². The molecule has 1 atom stereocenters. The van der Waals surface area contributed by atoms with Gasteiger partial charge in [0.15, 0.2) is 0 Å². The van der Waals surface area contributed by atoms with E-state index in [0.717, 1.165) is 15.6 Å². The highest BCUT2D eigenvalue weighted by atomic mass is 79.9. The molecule has 36 heavy (non-hydrogen) atoms. The third-order valence-corrected chi connectivity index (χ3v) is 6.67. The molecular weight excluding hydrogens is 518 g/mol. The molecule has 1 aliphatic heterocycles. The van der Waals surface area contributed by atoms with E-state index in [-0.39, 0.29) is 22.9 Å². The molecule has 1 N–H and O–H groups in total. The fourth-order valence-electron chi connectivity index (χ4n) is 4.30. The summed E-state index contributed by atoms with van der Waals surface area (Å²) in [5.41, 5.74) is 2.90. The summed E-state index contributed by atoms with van der Waals surface area (Å²) in [6.07, 6.45) is 0.0114. The summed E-state index contributed by atoms with van der Waals surface area (Å²) in [7, 11) is 0. The van der Waals surface area contributed by atoms with Crippen LogP contribution in [0.1, 0.15) is 57.4 Å². The van der Waals surface area contributed by atoms with E-state index in [0.29, 0.717) is 17.0 Å². The molecule has 186 valence electrons. The quantitative estimate of drug-likeness (QED) is 0.209. The van der Waals surface area contributed by atoms with Crippen LogP contribution in [-0.2, 0) is 15.0 Å². The average molecular weight is 548 g/mol. The second-order valence-corrected chi connectivity index (χ2v) is 11.1. The Labute approximate surface area is 220 Å². The SMILES string of the molecule is CC(C)Oc1ccc(N2C(=O)C(=O)/C(=C(\O)c3ccc(Br)cc3)C2c2ccc(C(C)(C)C)cc2)cc1. The lowest BCUT2D eigenvalue weighted by Crippen LogP contribution is -2.29. The number of ether oxygens (including phenoxy) is 1. The molecule has 0 spiro atoms. The Bertz CT molecular complexity index is 1300. The number of aliphatic hydroxyl groups is 1. The van der Waals surface area contributed by atoms with Crippen LogP contribution in [0.25, 0.3) is 5.76 Å². The lowest BCUT2D eigenvalue weighted by Gasteiger charge is -2.27. The van der Waals surface area contributed by atoms with Crippen LogP contribution in [0, 0.1) is 0 Å². The van der Waals surface area contributed by atoms with E-state index >= 15 is 0 Å². The Morgan fingerprint density at radius 1 is 0.917 bits per heavy atom. The average Bonchev–Trinajstić information content (AvgIpc) is 3.09. The summed E-state index contributed by atoms with van der Waals surface area (Å²) in [6.45, 7) is 10.3. The standard InChI is InChI=1S/C30H30BrNO4/c1-18(2)36-24-16-14-23(15-17-24)32-26(19-6-10-21(11-7-19)30(3,4)5)25(28(34)29(32)35)27(33)20-8-12-22(31)13-9-20/h6-18,26,33H,1-5H3/b27-25-. The van der Waals surface area contributed by atoms with Crippen LogP contribution in [0.3, 0.4) is 0 Å². The normalized spacial score (nSPS) is 17.6. The smallest absolute Gasteiger partial charge is 0.300 e. The number of carbonyl (C=O) groups excluding carboxylic acids is 2. The molecule has 0 aromatic heterocycles. The molecule has 1 saturated heterocycles. The first kappa shape index (κ1) is 25.7. The lowest BCUT2D eigenvalue weighted by atomic mass is 9.85. The molecule has 1 aliphatic rings. The molecule has 0 saturated carbocycles. The molecular formula is C30H30BrNO4. The number of carbonyl (C=O) groups is 2. The summed E-state index contributed by atoms with van der Waals surface area (Å²) in [5.74, 6) is -0.932. The van der Waals surface area contributed by atoms with Gasteiger partial charge >= 0.3 is 0 Å². The highest BCUT2D eigenvalue weighted by molar-refractivity contribution is 9.10. The summed E-state index contributed by atoms with van der Waals surface area (Å²) in [4.78, 5) is 28.2. The highest BCUT2D eigenvalue weighted by Gasteiger charge is 2.47. The maximum absolute atomic E-state index is 13.4. The number of ketones is 1. The minimum Gasteiger partial charge on any atom is -0.507 e. The zero-order valence-corrected chi connectivity index (χ0v) is 22.7. The fraction of sp³-hybridized carbons (Fsp3) is 0.267. The van der Waals surface area contributed by atoms with Gasteiger partial charge in [-0.1, -0.05) is 73.1 Å².